The zero-order chi connectivity index (χ0) is 13.4. The number of nitrogens with zero attached hydrogens (tertiary/aromatic N) is 1. The zero-order valence-electron chi connectivity index (χ0n) is 10.9. The summed E-state index contributed by atoms with van der Waals surface area (Å²) in [7, 11) is 0. The minimum atomic E-state index is -0.312. The van der Waals surface area contributed by atoms with Gasteiger partial charge in [-0.25, -0.2) is 4.39 Å². The molecule has 1 saturated heterocycles. The minimum absolute atomic E-state index is 0.140. The third-order valence-corrected chi connectivity index (χ3v) is 3.76. The summed E-state index contributed by atoms with van der Waals surface area (Å²) in [5.74, 6) is 0.189. The first-order valence-corrected chi connectivity index (χ1v) is 6.70. The van der Waals surface area contributed by atoms with Crippen molar-refractivity contribution in [3.63, 3.8) is 0 Å². The van der Waals surface area contributed by atoms with E-state index in [-0.39, 0.29) is 11.7 Å². The van der Waals surface area contributed by atoms with Crippen molar-refractivity contribution >= 4 is 17.2 Å². The highest BCUT2D eigenvalue weighted by Gasteiger charge is 2.26. The van der Waals surface area contributed by atoms with Gasteiger partial charge in [0.1, 0.15) is 5.82 Å². The fourth-order valence-corrected chi connectivity index (χ4v) is 2.81. The Morgan fingerprint density at radius 1 is 1.47 bits per heavy atom. The largest absolute Gasteiger partial charge is 0.376 e. The molecule has 3 nitrogen and oxygen atoms in total. The van der Waals surface area contributed by atoms with Gasteiger partial charge in [-0.2, -0.15) is 0 Å². The Labute approximate surface area is 112 Å². The lowest BCUT2D eigenvalue weighted by atomic mass is 10.00. The van der Waals surface area contributed by atoms with Gasteiger partial charge in [0.05, 0.1) is 5.57 Å². The number of anilines is 1. The quantitative estimate of drug-likeness (QED) is 0.787. The van der Waals surface area contributed by atoms with E-state index >= 15 is 0 Å². The summed E-state index contributed by atoms with van der Waals surface area (Å²) in [4.78, 5) is 14.1. The van der Waals surface area contributed by atoms with Gasteiger partial charge >= 0.3 is 0 Å². The molecule has 1 atom stereocenters. The number of carbonyl (C=O) groups excluding carboxylic acids is 1. The highest BCUT2D eigenvalue weighted by molar-refractivity contribution is 6.31. The topological polar surface area (TPSA) is 32.3 Å². The van der Waals surface area contributed by atoms with Crippen LogP contribution in [0.25, 0.3) is 5.57 Å². The van der Waals surface area contributed by atoms with Crippen molar-refractivity contribution in [1.82, 2.24) is 4.90 Å². The molecule has 3 rings (SSSR count). The molecule has 1 aromatic carbocycles. The number of fused-ring (bicyclic) bond motifs is 1. The maximum Gasteiger partial charge on any atom is 0.257 e. The first-order valence-electron chi connectivity index (χ1n) is 6.70. The maximum atomic E-state index is 13.3. The molecule has 19 heavy (non-hydrogen) atoms. The van der Waals surface area contributed by atoms with Crippen molar-refractivity contribution in [3.8, 4) is 0 Å². The molecule has 2 aliphatic rings. The normalized spacial score (nSPS) is 24.5. The molecule has 1 fully saturated rings. The standard InChI is InChI=1S/C15H17FN2O/c1-10-3-2-6-18(8-10)9-13-12-7-11(16)4-5-14(12)17-15(13)19/h4-5,7,9-10H,2-3,6,8H2,1H3,(H,17,19)/b13-9+. The monoisotopic (exact) mass is 260 g/mol. The summed E-state index contributed by atoms with van der Waals surface area (Å²) in [6.45, 7) is 4.14. The number of nitrogens with one attached hydrogen (secondary N) is 1. The summed E-state index contributed by atoms with van der Waals surface area (Å²) >= 11 is 0. The fourth-order valence-electron chi connectivity index (χ4n) is 2.81. The highest BCUT2D eigenvalue weighted by Crippen LogP contribution is 2.33. The van der Waals surface area contributed by atoms with Gasteiger partial charge in [0, 0.05) is 30.5 Å². The van der Waals surface area contributed by atoms with E-state index in [9.17, 15) is 9.18 Å². The molecule has 4 heteroatoms. The van der Waals surface area contributed by atoms with Gasteiger partial charge in [-0.3, -0.25) is 4.79 Å². The van der Waals surface area contributed by atoms with Crippen LogP contribution in [0.1, 0.15) is 25.3 Å². The van der Waals surface area contributed by atoms with E-state index in [1.54, 1.807) is 6.07 Å². The van der Waals surface area contributed by atoms with Gasteiger partial charge < -0.3 is 10.2 Å². The van der Waals surface area contributed by atoms with Crippen molar-refractivity contribution in [2.24, 2.45) is 5.92 Å². The minimum Gasteiger partial charge on any atom is -0.376 e. The number of rotatable bonds is 1. The molecule has 1 N–H and O–H groups in total. The van der Waals surface area contributed by atoms with Gasteiger partial charge in [0.2, 0.25) is 0 Å². The zero-order valence-corrected chi connectivity index (χ0v) is 10.9. The number of piperidine rings is 1. The van der Waals surface area contributed by atoms with Crippen molar-refractivity contribution < 1.29 is 9.18 Å². The predicted molar refractivity (Wildman–Crippen MR) is 73.0 cm³/mol. The molecule has 1 unspecified atom stereocenters. The van der Waals surface area contributed by atoms with Crippen molar-refractivity contribution in [2.45, 2.75) is 19.8 Å². The Balaban J connectivity index is 1.92. The maximum absolute atomic E-state index is 13.3. The Kier molecular flexibility index (Phi) is 3.01. The van der Waals surface area contributed by atoms with E-state index in [2.05, 4.69) is 17.1 Å². The molecule has 0 aliphatic carbocycles. The molecule has 0 radical (unpaired) electrons. The number of likely N-dealkylation sites (tertiary alicyclic amines) is 1. The number of benzene rings is 1. The average molecular weight is 260 g/mol. The lowest BCUT2D eigenvalue weighted by Crippen LogP contribution is -2.30. The lowest BCUT2D eigenvalue weighted by Gasteiger charge is -2.30. The Morgan fingerprint density at radius 3 is 3.11 bits per heavy atom. The summed E-state index contributed by atoms with van der Waals surface area (Å²) in [5, 5.41) is 2.77. The van der Waals surface area contributed by atoms with Crippen LogP contribution in [0.5, 0.6) is 0 Å². The Morgan fingerprint density at radius 2 is 2.32 bits per heavy atom. The summed E-state index contributed by atoms with van der Waals surface area (Å²) < 4.78 is 13.3. The molecule has 1 aromatic rings. The second-order valence-electron chi connectivity index (χ2n) is 5.43. The van der Waals surface area contributed by atoms with Crippen LogP contribution in [0.4, 0.5) is 10.1 Å². The SMILES string of the molecule is CC1CCCN(/C=C2/C(=O)Nc3ccc(F)cc32)C1. The first kappa shape index (κ1) is 12.2. The van der Waals surface area contributed by atoms with Crippen LogP contribution in [0, 0.1) is 11.7 Å². The van der Waals surface area contributed by atoms with Gasteiger partial charge in [0.15, 0.2) is 0 Å². The number of halogens is 1. The van der Waals surface area contributed by atoms with Crippen molar-refractivity contribution in [2.75, 3.05) is 18.4 Å². The molecule has 0 bridgehead atoms. The Bertz CT molecular complexity index is 553. The molecular formula is C15H17FN2O. The molecule has 2 heterocycles. The van der Waals surface area contributed by atoms with E-state index < -0.39 is 0 Å². The van der Waals surface area contributed by atoms with Crippen molar-refractivity contribution in [3.05, 3.63) is 35.8 Å². The van der Waals surface area contributed by atoms with Gasteiger partial charge in [-0.05, 0) is 37.0 Å². The number of carbonyl (C=O) groups is 1. The van der Waals surface area contributed by atoms with Crippen LogP contribution in [-0.4, -0.2) is 23.9 Å². The van der Waals surface area contributed by atoms with E-state index in [1.165, 1.54) is 18.6 Å². The van der Waals surface area contributed by atoms with Crippen LogP contribution in [0.2, 0.25) is 0 Å². The second kappa shape index (κ2) is 4.68. The number of amides is 1. The number of hydrogen-bond donors (Lipinski definition) is 1. The predicted octanol–water partition coefficient (Wildman–Crippen LogP) is 2.85. The van der Waals surface area contributed by atoms with Crippen LogP contribution >= 0.6 is 0 Å². The van der Waals surface area contributed by atoms with Crippen LogP contribution in [0.3, 0.4) is 0 Å². The lowest BCUT2D eigenvalue weighted by molar-refractivity contribution is -0.110. The number of hydrogen-bond acceptors (Lipinski definition) is 2. The summed E-state index contributed by atoms with van der Waals surface area (Å²) in [6.07, 6.45) is 4.26. The van der Waals surface area contributed by atoms with Crippen molar-refractivity contribution in [1.29, 1.82) is 0 Å². The van der Waals surface area contributed by atoms with Gasteiger partial charge in [0.25, 0.3) is 5.91 Å². The molecule has 2 aliphatic heterocycles. The van der Waals surface area contributed by atoms with Crippen LogP contribution in [0.15, 0.2) is 24.4 Å². The van der Waals surface area contributed by atoms with E-state index in [0.29, 0.717) is 22.7 Å². The van der Waals surface area contributed by atoms with E-state index in [0.717, 1.165) is 19.5 Å². The second-order valence-corrected chi connectivity index (χ2v) is 5.43. The highest BCUT2D eigenvalue weighted by atomic mass is 19.1. The Hall–Kier alpha value is -1.84. The summed E-state index contributed by atoms with van der Waals surface area (Å²) in [5.41, 5.74) is 1.94. The summed E-state index contributed by atoms with van der Waals surface area (Å²) in [6, 6.07) is 4.40. The smallest absolute Gasteiger partial charge is 0.257 e. The molecule has 0 spiro atoms. The first-order chi connectivity index (χ1) is 9.13. The third-order valence-electron chi connectivity index (χ3n) is 3.76. The van der Waals surface area contributed by atoms with Crippen LogP contribution in [-0.2, 0) is 4.79 Å². The van der Waals surface area contributed by atoms with Crippen LogP contribution < -0.4 is 5.32 Å². The van der Waals surface area contributed by atoms with Gasteiger partial charge in [-0.1, -0.05) is 6.92 Å². The molecule has 100 valence electrons. The molecule has 0 saturated carbocycles. The molecule has 1 amide bonds. The third kappa shape index (κ3) is 2.35. The average Bonchev–Trinajstić information content (AvgIpc) is 2.66. The van der Waals surface area contributed by atoms with Gasteiger partial charge in [-0.15, -0.1) is 0 Å². The van der Waals surface area contributed by atoms with E-state index in [1.807, 2.05) is 6.20 Å². The molecular weight excluding hydrogens is 243 g/mol. The molecule has 0 aromatic heterocycles. The fraction of sp³-hybridized carbons (Fsp3) is 0.400. The van der Waals surface area contributed by atoms with E-state index in [4.69, 9.17) is 0 Å².